The molecule has 0 aliphatic carbocycles. The minimum atomic E-state index is -0.341. The standard InChI is InChI=1S/C16H19N5O2/c1-11-4-7-15(23-11)14(21(2)3)10-19-16(22)20-13-6-5-12(8-17)18-9-13/h4-7,9,14H,10H2,1-3H3,(H2,19,20,22)/t14-/m1/s1. The van der Waals surface area contributed by atoms with E-state index in [0.29, 0.717) is 17.9 Å². The van der Waals surface area contributed by atoms with Gasteiger partial charge in [-0.2, -0.15) is 5.26 Å². The van der Waals surface area contributed by atoms with Crippen LogP contribution >= 0.6 is 0 Å². The Balaban J connectivity index is 1.92. The molecular weight excluding hydrogens is 294 g/mol. The average molecular weight is 313 g/mol. The summed E-state index contributed by atoms with van der Waals surface area (Å²) in [6, 6.07) is 8.50. The molecule has 0 bridgehead atoms. The van der Waals surface area contributed by atoms with Crippen molar-refractivity contribution < 1.29 is 9.21 Å². The van der Waals surface area contributed by atoms with Crippen molar-refractivity contribution in [1.29, 1.82) is 5.26 Å². The maximum Gasteiger partial charge on any atom is 0.319 e. The fourth-order valence-corrected chi connectivity index (χ4v) is 2.07. The van der Waals surface area contributed by atoms with E-state index in [4.69, 9.17) is 9.68 Å². The summed E-state index contributed by atoms with van der Waals surface area (Å²) in [5.41, 5.74) is 0.827. The number of aryl methyl sites for hydroxylation is 1. The maximum atomic E-state index is 12.0. The zero-order valence-electron chi connectivity index (χ0n) is 13.3. The van der Waals surface area contributed by atoms with Crippen LogP contribution in [0.25, 0.3) is 0 Å². The molecule has 2 rings (SSSR count). The predicted octanol–water partition coefficient (Wildman–Crippen LogP) is 2.28. The number of pyridine rings is 1. The van der Waals surface area contributed by atoms with Gasteiger partial charge in [0.2, 0.25) is 0 Å². The van der Waals surface area contributed by atoms with Crippen LogP contribution in [0.2, 0.25) is 0 Å². The first-order valence-electron chi connectivity index (χ1n) is 7.13. The molecule has 2 heterocycles. The van der Waals surface area contributed by atoms with E-state index in [0.717, 1.165) is 11.5 Å². The maximum absolute atomic E-state index is 12.0. The summed E-state index contributed by atoms with van der Waals surface area (Å²) in [7, 11) is 3.85. The Morgan fingerprint density at radius 2 is 2.17 bits per heavy atom. The van der Waals surface area contributed by atoms with E-state index in [1.165, 1.54) is 6.20 Å². The number of nitriles is 1. The topological polar surface area (TPSA) is 94.2 Å². The number of aromatic nitrogens is 1. The van der Waals surface area contributed by atoms with Crippen molar-refractivity contribution >= 4 is 11.7 Å². The minimum absolute atomic E-state index is 0.0615. The molecule has 1 atom stereocenters. The van der Waals surface area contributed by atoms with E-state index in [2.05, 4.69) is 15.6 Å². The van der Waals surface area contributed by atoms with Crippen molar-refractivity contribution in [3.63, 3.8) is 0 Å². The fraction of sp³-hybridized carbons (Fsp3) is 0.312. The largest absolute Gasteiger partial charge is 0.465 e. The highest BCUT2D eigenvalue weighted by Crippen LogP contribution is 2.19. The lowest BCUT2D eigenvalue weighted by atomic mass is 10.2. The zero-order valence-corrected chi connectivity index (χ0v) is 13.3. The molecule has 7 nitrogen and oxygen atoms in total. The van der Waals surface area contributed by atoms with Gasteiger partial charge in [0, 0.05) is 6.54 Å². The number of likely N-dealkylation sites (N-methyl/N-ethyl adjacent to an activating group) is 1. The third-order valence-corrected chi connectivity index (χ3v) is 3.30. The Kier molecular flexibility index (Phi) is 5.33. The number of hydrogen-bond donors (Lipinski definition) is 2. The lowest BCUT2D eigenvalue weighted by Crippen LogP contribution is -2.36. The molecule has 2 aromatic rings. The predicted molar refractivity (Wildman–Crippen MR) is 85.8 cm³/mol. The van der Waals surface area contributed by atoms with Crippen molar-refractivity contribution in [3.8, 4) is 6.07 Å². The van der Waals surface area contributed by atoms with Gasteiger partial charge in [-0.05, 0) is 45.3 Å². The monoisotopic (exact) mass is 313 g/mol. The van der Waals surface area contributed by atoms with Crippen molar-refractivity contribution in [3.05, 3.63) is 47.7 Å². The summed E-state index contributed by atoms with van der Waals surface area (Å²) in [5.74, 6) is 1.63. The lowest BCUT2D eigenvalue weighted by molar-refractivity contribution is 0.232. The van der Waals surface area contributed by atoms with Gasteiger partial charge in [0.25, 0.3) is 0 Å². The van der Waals surface area contributed by atoms with Crippen LogP contribution in [0.4, 0.5) is 10.5 Å². The number of hydrogen-bond acceptors (Lipinski definition) is 5. The number of nitrogens with zero attached hydrogens (tertiary/aromatic N) is 3. The molecule has 2 amide bonds. The molecule has 0 radical (unpaired) electrons. The van der Waals surface area contributed by atoms with Crippen LogP contribution in [-0.2, 0) is 0 Å². The third-order valence-electron chi connectivity index (χ3n) is 3.30. The third kappa shape index (κ3) is 4.56. The average Bonchev–Trinajstić information content (AvgIpc) is 2.94. The summed E-state index contributed by atoms with van der Waals surface area (Å²) in [4.78, 5) is 17.8. The van der Waals surface area contributed by atoms with Crippen LogP contribution in [0.1, 0.15) is 23.3 Å². The minimum Gasteiger partial charge on any atom is -0.465 e. The number of amides is 2. The van der Waals surface area contributed by atoms with Gasteiger partial charge in [0.05, 0.1) is 17.9 Å². The van der Waals surface area contributed by atoms with Crippen LogP contribution in [0.5, 0.6) is 0 Å². The molecule has 0 saturated carbocycles. The van der Waals surface area contributed by atoms with E-state index in [1.54, 1.807) is 12.1 Å². The fourth-order valence-electron chi connectivity index (χ4n) is 2.07. The Bertz CT molecular complexity index is 700. The highest BCUT2D eigenvalue weighted by Gasteiger charge is 2.18. The van der Waals surface area contributed by atoms with Gasteiger partial charge in [-0.3, -0.25) is 4.90 Å². The number of rotatable bonds is 5. The van der Waals surface area contributed by atoms with Crippen molar-refractivity contribution in [1.82, 2.24) is 15.2 Å². The normalized spacial score (nSPS) is 11.8. The molecule has 0 aliphatic rings. The Morgan fingerprint density at radius 3 is 2.70 bits per heavy atom. The number of furan rings is 1. The van der Waals surface area contributed by atoms with E-state index in [9.17, 15) is 4.79 Å². The second kappa shape index (κ2) is 7.42. The first kappa shape index (κ1) is 16.5. The molecule has 23 heavy (non-hydrogen) atoms. The molecule has 2 aromatic heterocycles. The molecule has 2 N–H and O–H groups in total. The summed E-state index contributed by atoms with van der Waals surface area (Å²) in [6.07, 6.45) is 1.44. The molecule has 0 spiro atoms. The number of anilines is 1. The van der Waals surface area contributed by atoms with Gasteiger partial charge in [-0.15, -0.1) is 0 Å². The van der Waals surface area contributed by atoms with Gasteiger partial charge < -0.3 is 15.1 Å². The molecule has 0 aliphatic heterocycles. The first-order chi connectivity index (χ1) is 11.0. The van der Waals surface area contributed by atoms with E-state index < -0.39 is 0 Å². The number of urea groups is 1. The Labute approximate surface area is 134 Å². The molecule has 7 heteroatoms. The number of nitrogens with one attached hydrogen (secondary N) is 2. The lowest BCUT2D eigenvalue weighted by Gasteiger charge is -2.22. The smallest absolute Gasteiger partial charge is 0.319 e. The van der Waals surface area contributed by atoms with E-state index >= 15 is 0 Å². The SMILES string of the molecule is Cc1ccc([C@@H](CNC(=O)Nc2ccc(C#N)nc2)N(C)C)o1. The van der Waals surface area contributed by atoms with Crippen LogP contribution in [0.3, 0.4) is 0 Å². The molecule has 0 saturated heterocycles. The highest BCUT2D eigenvalue weighted by molar-refractivity contribution is 5.89. The quantitative estimate of drug-likeness (QED) is 0.883. The van der Waals surface area contributed by atoms with E-state index in [-0.39, 0.29) is 12.1 Å². The van der Waals surface area contributed by atoms with Crippen molar-refractivity contribution in [2.75, 3.05) is 26.0 Å². The number of carbonyl (C=O) groups is 1. The van der Waals surface area contributed by atoms with Crippen LogP contribution in [0.15, 0.2) is 34.9 Å². The first-order valence-corrected chi connectivity index (χ1v) is 7.13. The Hall–Kier alpha value is -2.85. The van der Waals surface area contributed by atoms with Gasteiger partial charge in [-0.25, -0.2) is 9.78 Å². The van der Waals surface area contributed by atoms with Gasteiger partial charge >= 0.3 is 6.03 Å². The second-order valence-corrected chi connectivity index (χ2v) is 5.31. The number of carbonyl (C=O) groups excluding carboxylic acids is 1. The zero-order chi connectivity index (χ0) is 16.8. The summed E-state index contributed by atoms with van der Waals surface area (Å²) in [5, 5.41) is 14.2. The summed E-state index contributed by atoms with van der Waals surface area (Å²) >= 11 is 0. The molecule has 0 aromatic carbocycles. The molecular formula is C16H19N5O2. The van der Waals surface area contributed by atoms with Gasteiger partial charge in [0.15, 0.2) is 0 Å². The van der Waals surface area contributed by atoms with Gasteiger partial charge in [-0.1, -0.05) is 0 Å². The van der Waals surface area contributed by atoms with E-state index in [1.807, 2.05) is 44.1 Å². The van der Waals surface area contributed by atoms with Crippen LogP contribution < -0.4 is 10.6 Å². The van der Waals surface area contributed by atoms with Crippen LogP contribution in [0, 0.1) is 18.3 Å². The molecule has 0 fully saturated rings. The Morgan fingerprint density at radius 1 is 1.39 bits per heavy atom. The molecule has 0 unspecified atom stereocenters. The van der Waals surface area contributed by atoms with Crippen molar-refractivity contribution in [2.24, 2.45) is 0 Å². The van der Waals surface area contributed by atoms with Gasteiger partial charge in [0.1, 0.15) is 23.3 Å². The summed E-state index contributed by atoms with van der Waals surface area (Å²) < 4.78 is 5.63. The highest BCUT2D eigenvalue weighted by atomic mass is 16.3. The van der Waals surface area contributed by atoms with Crippen LogP contribution in [-0.4, -0.2) is 36.6 Å². The second-order valence-electron chi connectivity index (χ2n) is 5.31. The molecule has 120 valence electrons. The summed E-state index contributed by atoms with van der Waals surface area (Å²) in [6.45, 7) is 2.28. The van der Waals surface area contributed by atoms with Crippen molar-refractivity contribution in [2.45, 2.75) is 13.0 Å².